The van der Waals surface area contributed by atoms with Crippen molar-refractivity contribution in [2.45, 2.75) is 13.8 Å². The van der Waals surface area contributed by atoms with Crippen molar-refractivity contribution in [2.75, 3.05) is 5.73 Å². The molecule has 0 amide bonds. The summed E-state index contributed by atoms with van der Waals surface area (Å²) >= 11 is 0. The van der Waals surface area contributed by atoms with Gasteiger partial charge in [-0.1, -0.05) is 13.2 Å². The van der Waals surface area contributed by atoms with Crippen molar-refractivity contribution in [3.8, 4) is 6.07 Å². The molecule has 0 unspecified atom stereocenters. The summed E-state index contributed by atoms with van der Waals surface area (Å²) in [5.41, 5.74) is 10.6. The molecule has 0 saturated heterocycles. The lowest BCUT2D eigenvalue weighted by molar-refractivity contribution is 1.44. The summed E-state index contributed by atoms with van der Waals surface area (Å²) in [6, 6.07) is 5.62. The fraction of sp³-hybridized carbons (Fsp3) is 0.154. The number of nitrogens with two attached hydrogens (primary N) is 1. The zero-order chi connectivity index (χ0) is 11.6. The molecule has 0 heterocycles. The van der Waals surface area contributed by atoms with E-state index in [-0.39, 0.29) is 0 Å². The Morgan fingerprint density at radius 1 is 1.20 bits per heavy atom. The maximum Gasteiger partial charge on any atom is 0.0992 e. The van der Waals surface area contributed by atoms with Crippen molar-refractivity contribution >= 4 is 16.8 Å². The van der Waals surface area contributed by atoms with Gasteiger partial charge in [-0.2, -0.15) is 5.26 Å². The van der Waals surface area contributed by atoms with Gasteiger partial charge in [0.05, 0.1) is 11.6 Å². The van der Waals surface area contributed by atoms with Gasteiger partial charge >= 0.3 is 0 Å². The molecule has 76 valence electrons. The third kappa shape index (κ3) is 2.08. The quantitative estimate of drug-likeness (QED) is 0.742. The molecule has 0 radical (unpaired) electrons. The standard InChI is InChI=1S/C13H14N2/c1-8(2)11-5-10(7-14)6-12(9(3)4)13(11)15/h5-6H,1,3,15H2,2,4H3. The number of nitriles is 1. The summed E-state index contributed by atoms with van der Waals surface area (Å²) in [6.07, 6.45) is 0. The fourth-order valence-corrected chi connectivity index (χ4v) is 1.42. The first-order chi connectivity index (χ1) is 6.97. The molecule has 0 saturated carbocycles. The minimum Gasteiger partial charge on any atom is -0.398 e. The highest BCUT2D eigenvalue weighted by atomic mass is 14.6. The number of hydrogen-bond donors (Lipinski definition) is 1. The Kier molecular flexibility index (Phi) is 2.96. The number of allylic oxidation sites excluding steroid dienone is 2. The lowest BCUT2D eigenvalue weighted by Crippen LogP contribution is -1.98. The van der Waals surface area contributed by atoms with Crippen LogP contribution >= 0.6 is 0 Å². The summed E-state index contributed by atoms with van der Waals surface area (Å²) in [6.45, 7) is 11.4. The van der Waals surface area contributed by atoms with Crippen LogP contribution in [0.25, 0.3) is 11.1 Å². The maximum absolute atomic E-state index is 8.89. The fourth-order valence-electron chi connectivity index (χ4n) is 1.42. The Hall–Kier alpha value is -2.01. The van der Waals surface area contributed by atoms with Gasteiger partial charge in [0.1, 0.15) is 0 Å². The van der Waals surface area contributed by atoms with Gasteiger partial charge in [-0.25, -0.2) is 0 Å². The van der Waals surface area contributed by atoms with Crippen LogP contribution in [0.5, 0.6) is 0 Å². The normalized spacial score (nSPS) is 9.40. The molecule has 0 bridgehead atoms. The number of rotatable bonds is 2. The van der Waals surface area contributed by atoms with E-state index in [9.17, 15) is 0 Å². The van der Waals surface area contributed by atoms with Crippen LogP contribution in [0.15, 0.2) is 25.3 Å². The lowest BCUT2D eigenvalue weighted by Gasteiger charge is -2.11. The van der Waals surface area contributed by atoms with E-state index in [1.54, 1.807) is 12.1 Å². The Morgan fingerprint density at radius 2 is 1.60 bits per heavy atom. The molecule has 0 aliphatic rings. The van der Waals surface area contributed by atoms with Gasteiger partial charge in [-0.3, -0.25) is 0 Å². The van der Waals surface area contributed by atoms with E-state index >= 15 is 0 Å². The molecule has 0 aromatic heterocycles. The Labute approximate surface area is 90.3 Å². The average molecular weight is 198 g/mol. The Bertz CT molecular complexity index is 441. The van der Waals surface area contributed by atoms with Crippen LogP contribution in [0, 0.1) is 11.3 Å². The highest BCUT2D eigenvalue weighted by Crippen LogP contribution is 2.29. The van der Waals surface area contributed by atoms with Crippen LogP contribution in [0.1, 0.15) is 30.5 Å². The second-order valence-electron chi connectivity index (χ2n) is 3.66. The summed E-state index contributed by atoms with van der Waals surface area (Å²) < 4.78 is 0. The molecule has 2 heteroatoms. The van der Waals surface area contributed by atoms with Crippen molar-refractivity contribution < 1.29 is 0 Å². The van der Waals surface area contributed by atoms with Gasteiger partial charge in [-0.05, 0) is 37.1 Å². The molecule has 0 atom stereocenters. The van der Waals surface area contributed by atoms with E-state index in [4.69, 9.17) is 11.0 Å². The molecule has 1 rings (SSSR count). The summed E-state index contributed by atoms with van der Waals surface area (Å²) in [5, 5.41) is 8.89. The minimum absolute atomic E-state index is 0.584. The molecule has 0 spiro atoms. The molecule has 2 nitrogen and oxygen atoms in total. The molecular weight excluding hydrogens is 184 g/mol. The van der Waals surface area contributed by atoms with E-state index in [0.717, 1.165) is 22.3 Å². The van der Waals surface area contributed by atoms with Crippen molar-refractivity contribution in [1.82, 2.24) is 0 Å². The van der Waals surface area contributed by atoms with Crippen LogP contribution in [0.4, 0.5) is 5.69 Å². The van der Waals surface area contributed by atoms with E-state index in [2.05, 4.69) is 19.2 Å². The highest BCUT2D eigenvalue weighted by Gasteiger charge is 2.09. The average Bonchev–Trinajstić information content (AvgIpc) is 2.17. The maximum atomic E-state index is 8.89. The Morgan fingerprint density at radius 3 is 1.87 bits per heavy atom. The number of benzene rings is 1. The second-order valence-corrected chi connectivity index (χ2v) is 3.66. The summed E-state index contributed by atoms with van der Waals surface area (Å²) in [5.74, 6) is 0. The molecule has 15 heavy (non-hydrogen) atoms. The number of anilines is 1. The van der Waals surface area contributed by atoms with Gasteiger partial charge in [-0.15, -0.1) is 0 Å². The van der Waals surface area contributed by atoms with E-state index in [1.807, 2.05) is 13.8 Å². The van der Waals surface area contributed by atoms with Gasteiger partial charge < -0.3 is 5.73 Å². The predicted octanol–water partition coefficient (Wildman–Crippen LogP) is 3.21. The first-order valence-electron chi connectivity index (χ1n) is 4.62. The predicted molar refractivity (Wildman–Crippen MR) is 65.0 cm³/mol. The van der Waals surface area contributed by atoms with Crippen LogP contribution in [0.3, 0.4) is 0 Å². The number of hydrogen-bond acceptors (Lipinski definition) is 2. The molecular formula is C13H14N2. The van der Waals surface area contributed by atoms with Crippen LogP contribution in [-0.2, 0) is 0 Å². The zero-order valence-electron chi connectivity index (χ0n) is 9.09. The summed E-state index contributed by atoms with van der Waals surface area (Å²) in [4.78, 5) is 0. The highest BCUT2D eigenvalue weighted by molar-refractivity contribution is 5.83. The molecule has 2 N–H and O–H groups in total. The molecule has 0 aliphatic carbocycles. The van der Waals surface area contributed by atoms with E-state index in [1.165, 1.54) is 0 Å². The SMILES string of the molecule is C=C(C)c1cc(C#N)cc(C(=C)C)c1N. The van der Waals surface area contributed by atoms with Crippen LogP contribution < -0.4 is 5.73 Å². The minimum atomic E-state index is 0.584. The van der Waals surface area contributed by atoms with Crippen molar-refractivity contribution in [3.63, 3.8) is 0 Å². The van der Waals surface area contributed by atoms with Crippen molar-refractivity contribution in [2.24, 2.45) is 0 Å². The van der Waals surface area contributed by atoms with Crippen LogP contribution in [0.2, 0.25) is 0 Å². The smallest absolute Gasteiger partial charge is 0.0992 e. The second kappa shape index (κ2) is 4.02. The van der Waals surface area contributed by atoms with Gasteiger partial charge in [0.15, 0.2) is 0 Å². The molecule has 1 aromatic rings. The zero-order valence-corrected chi connectivity index (χ0v) is 9.09. The topological polar surface area (TPSA) is 49.8 Å². The third-order valence-corrected chi connectivity index (χ3v) is 2.23. The largest absolute Gasteiger partial charge is 0.398 e. The van der Waals surface area contributed by atoms with Gasteiger partial charge in [0.25, 0.3) is 0 Å². The molecule has 0 aliphatic heterocycles. The van der Waals surface area contributed by atoms with E-state index in [0.29, 0.717) is 11.3 Å². The first-order valence-corrected chi connectivity index (χ1v) is 4.62. The molecule has 1 aromatic carbocycles. The van der Waals surface area contributed by atoms with Crippen molar-refractivity contribution in [3.05, 3.63) is 42.0 Å². The van der Waals surface area contributed by atoms with Gasteiger partial charge in [0, 0.05) is 16.8 Å². The molecule has 0 fully saturated rings. The van der Waals surface area contributed by atoms with Crippen LogP contribution in [-0.4, -0.2) is 0 Å². The van der Waals surface area contributed by atoms with Gasteiger partial charge in [0.2, 0.25) is 0 Å². The van der Waals surface area contributed by atoms with E-state index < -0.39 is 0 Å². The number of nitrogens with zero attached hydrogens (tertiary/aromatic N) is 1. The number of nitrogen functional groups attached to an aromatic ring is 1. The van der Waals surface area contributed by atoms with Crippen molar-refractivity contribution in [1.29, 1.82) is 5.26 Å². The summed E-state index contributed by atoms with van der Waals surface area (Å²) in [7, 11) is 0. The lowest BCUT2D eigenvalue weighted by atomic mass is 9.96. The Balaban J connectivity index is 3.56. The monoisotopic (exact) mass is 198 g/mol. The first kappa shape index (κ1) is 11.1. The third-order valence-electron chi connectivity index (χ3n) is 2.23.